The summed E-state index contributed by atoms with van der Waals surface area (Å²) < 4.78 is 10.1. The van der Waals surface area contributed by atoms with Crippen molar-refractivity contribution in [2.75, 3.05) is 13.7 Å². The van der Waals surface area contributed by atoms with Gasteiger partial charge in [0, 0.05) is 7.05 Å². The molecule has 1 aliphatic rings. The summed E-state index contributed by atoms with van der Waals surface area (Å²) in [5.41, 5.74) is 0.0518. The number of aliphatic hydroxyl groups is 1. The van der Waals surface area contributed by atoms with Crippen LogP contribution in [0.25, 0.3) is 0 Å². The van der Waals surface area contributed by atoms with Crippen LogP contribution in [-0.4, -0.2) is 36.0 Å². The van der Waals surface area contributed by atoms with Gasteiger partial charge in [-0.25, -0.2) is 4.79 Å². The molecule has 0 aromatic carbocycles. The molecule has 19 heavy (non-hydrogen) atoms. The Kier molecular flexibility index (Phi) is 4.08. The molecule has 0 bridgehead atoms. The average Bonchev–Trinajstić information content (AvgIpc) is 2.95. The van der Waals surface area contributed by atoms with Gasteiger partial charge in [-0.15, -0.1) is 5.06 Å². The minimum absolute atomic E-state index is 0.0518. The van der Waals surface area contributed by atoms with Crippen LogP contribution in [0.15, 0.2) is 34.3 Å². The van der Waals surface area contributed by atoms with Crippen molar-refractivity contribution in [1.29, 1.82) is 0 Å². The first kappa shape index (κ1) is 13.4. The van der Waals surface area contributed by atoms with Gasteiger partial charge in [0.1, 0.15) is 11.9 Å². The maximum Gasteiger partial charge on any atom is 0.363 e. The third kappa shape index (κ3) is 2.88. The van der Waals surface area contributed by atoms with Gasteiger partial charge in [-0.3, -0.25) is 5.32 Å². The molecule has 7 heteroatoms. The quantitative estimate of drug-likeness (QED) is 0.606. The Morgan fingerprint density at radius 1 is 1.63 bits per heavy atom. The molecule has 2 heterocycles. The van der Waals surface area contributed by atoms with Crippen LogP contribution in [0.4, 0.5) is 0 Å². The Morgan fingerprint density at radius 2 is 2.42 bits per heavy atom. The molecule has 104 valence electrons. The lowest BCUT2D eigenvalue weighted by Crippen LogP contribution is -2.39. The number of hydrogen-bond donors (Lipinski definition) is 2. The first-order chi connectivity index (χ1) is 9.13. The second kappa shape index (κ2) is 5.77. The Balaban J connectivity index is 2.11. The highest BCUT2D eigenvalue weighted by molar-refractivity contribution is 5.91. The molecule has 1 saturated heterocycles. The van der Waals surface area contributed by atoms with Crippen molar-refractivity contribution < 1.29 is 23.9 Å². The molecule has 0 saturated carbocycles. The number of likely N-dealkylation sites (N-methyl/N-ethyl adjacent to an activating group) is 1. The van der Waals surface area contributed by atoms with Crippen molar-refractivity contribution in [3.05, 3.63) is 35.7 Å². The van der Waals surface area contributed by atoms with E-state index in [1.54, 1.807) is 32.4 Å². The molecular weight excluding hydrogens is 252 g/mol. The predicted molar refractivity (Wildman–Crippen MR) is 64.5 cm³/mol. The van der Waals surface area contributed by atoms with Crippen LogP contribution >= 0.6 is 0 Å². The molecule has 1 aromatic heterocycles. The van der Waals surface area contributed by atoms with Gasteiger partial charge in [-0.1, -0.05) is 0 Å². The fourth-order valence-electron chi connectivity index (χ4n) is 1.79. The van der Waals surface area contributed by atoms with Crippen LogP contribution < -0.4 is 5.32 Å². The summed E-state index contributed by atoms with van der Waals surface area (Å²) in [6, 6.07) is 3.57. The smallest absolute Gasteiger partial charge is 0.363 e. The molecule has 7 nitrogen and oxygen atoms in total. The highest BCUT2D eigenvalue weighted by atomic mass is 16.7. The second-order valence-electron chi connectivity index (χ2n) is 3.94. The first-order valence-electron chi connectivity index (χ1n) is 5.90. The van der Waals surface area contributed by atoms with Gasteiger partial charge in [0.15, 0.2) is 5.57 Å². The Bertz CT molecular complexity index is 468. The van der Waals surface area contributed by atoms with E-state index in [0.29, 0.717) is 12.3 Å². The molecule has 0 radical (unpaired) electrons. The number of hydrogen-bond acceptors (Lipinski definition) is 7. The number of nitrogens with zero attached hydrogens (tertiary/aromatic N) is 1. The minimum Gasteiger partial charge on any atom is -0.481 e. The molecular formula is C12H16N2O5. The number of aliphatic hydroxyl groups excluding tert-OH is 1. The summed E-state index contributed by atoms with van der Waals surface area (Å²) in [7, 11) is 1.59. The van der Waals surface area contributed by atoms with Crippen LogP contribution in [0.1, 0.15) is 12.7 Å². The average molecular weight is 268 g/mol. The summed E-state index contributed by atoms with van der Waals surface area (Å²) in [6.45, 7) is 2.37. The number of ether oxygens (including phenoxy) is 1. The fraction of sp³-hybridized carbons (Fsp3) is 0.417. The van der Waals surface area contributed by atoms with Gasteiger partial charge in [0.05, 0.1) is 19.4 Å². The summed E-state index contributed by atoms with van der Waals surface area (Å²) in [4.78, 5) is 16.6. The third-order valence-electron chi connectivity index (χ3n) is 2.65. The number of carbonyl (C=O) groups is 1. The van der Waals surface area contributed by atoms with E-state index < -0.39 is 18.1 Å². The first-order valence-corrected chi connectivity index (χ1v) is 5.90. The maximum absolute atomic E-state index is 11.6. The van der Waals surface area contributed by atoms with E-state index in [2.05, 4.69) is 5.32 Å². The summed E-state index contributed by atoms with van der Waals surface area (Å²) in [5.74, 6) is -0.345. The van der Waals surface area contributed by atoms with Crippen LogP contribution in [0.2, 0.25) is 0 Å². The van der Waals surface area contributed by atoms with E-state index in [4.69, 9.17) is 14.0 Å². The van der Waals surface area contributed by atoms with Crippen LogP contribution in [-0.2, 0) is 20.9 Å². The second-order valence-corrected chi connectivity index (χ2v) is 3.94. The van der Waals surface area contributed by atoms with Crippen molar-refractivity contribution in [3.63, 3.8) is 0 Å². The van der Waals surface area contributed by atoms with E-state index in [1.807, 2.05) is 0 Å². The van der Waals surface area contributed by atoms with E-state index in [0.717, 1.165) is 0 Å². The van der Waals surface area contributed by atoms with Crippen molar-refractivity contribution in [3.8, 4) is 0 Å². The van der Waals surface area contributed by atoms with E-state index in [1.165, 1.54) is 5.06 Å². The lowest BCUT2D eigenvalue weighted by atomic mass is 10.2. The Labute approximate surface area is 110 Å². The van der Waals surface area contributed by atoms with E-state index >= 15 is 0 Å². The number of hydroxylamine groups is 2. The van der Waals surface area contributed by atoms with Gasteiger partial charge < -0.3 is 19.1 Å². The van der Waals surface area contributed by atoms with Crippen LogP contribution in [0.3, 0.4) is 0 Å². The molecule has 1 fully saturated rings. The molecule has 1 aromatic rings. The molecule has 1 atom stereocenters. The van der Waals surface area contributed by atoms with Crippen molar-refractivity contribution in [1.82, 2.24) is 10.4 Å². The van der Waals surface area contributed by atoms with Crippen molar-refractivity contribution in [2.45, 2.75) is 19.6 Å². The Morgan fingerprint density at radius 3 is 3.05 bits per heavy atom. The monoisotopic (exact) mass is 268 g/mol. The van der Waals surface area contributed by atoms with Gasteiger partial charge in [-0.2, -0.15) is 0 Å². The van der Waals surface area contributed by atoms with Crippen molar-refractivity contribution in [2.24, 2.45) is 0 Å². The number of carbonyl (C=O) groups excluding carboxylic acids is 1. The minimum atomic E-state index is -0.634. The lowest BCUT2D eigenvalue weighted by molar-refractivity contribution is -0.169. The maximum atomic E-state index is 11.6. The zero-order valence-electron chi connectivity index (χ0n) is 10.8. The highest BCUT2D eigenvalue weighted by Crippen LogP contribution is 2.22. The summed E-state index contributed by atoms with van der Waals surface area (Å²) in [6.07, 6.45) is 0.968. The fourth-order valence-corrected chi connectivity index (χ4v) is 1.79. The Hall–Kier alpha value is -1.99. The highest BCUT2D eigenvalue weighted by Gasteiger charge is 2.40. The summed E-state index contributed by atoms with van der Waals surface area (Å²) in [5, 5.41) is 14.1. The normalized spacial score (nSPS) is 22.4. The SMILES string of the molecule is CCO/C(O)=C1\C(=O)ON(C)C1NCc1ccco1. The van der Waals surface area contributed by atoms with Gasteiger partial charge >= 0.3 is 5.97 Å². The number of rotatable bonds is 5. The molecule has 0 aliphatic carbocycles. The molecule has 0 spiro atoms. The number of furan rings is 1. The van der Waals surface area contributed by atoms with Gasteiger partial charge in [0.2, 0.25) is 0 Å². The molecule has 2 rings (SSSR count). The molecule has 1 aliphatic heterocycles. The van der Waals surface area contributed by atoms with Crippen molar-refractivity contribution >= 4 is 5.97 Å². The standard InChI is InChI=1S/C12H16N2O5/c1-3-17-11(15)9-10(14(2)19-12(9)16)13-7-8-5-4-6-18-8/h4-6,10,13,15H,3,7H2,1-2H3/b11-9-. The number of nitrogens with one attached hydrogen (secondary N) is 1. The van der Waals surface area contributed by atoms with E-state index in [9.17, 15) is 9.90 Å². The zero-order valence-corrected chi connectivity index (χ0v) is 10.8. The van der Waals surface area contributed by atoms with Crippen LogP contribution in [0, 0.1) is 0 Å². The molecule has 1 unspecified atom stereocenters. The predicted octanol–water partition coefficient (Wildman–Crippen LogP) is 0.905. The molecule has 0 amide bonds. The lowest BCUT2D eigenvalue weighted by Gasteiger charge is -2.17. The van der Waals surface area contributed by atoms with E-state index in [-0.39, 0.29) is 12.2 Å². The third-order valence-corrected chi connectivity index (χ3v) is 2.65. The van der Waals surface area contributed by atoms with Crippen LogP contribution in [0.5, 0.6) is 0 Å². The van der Waals surface area contributed by atoms with Gasteiger partial charge in [-0.05, 0) is 19.1 Å². The molecule has 2 N–H and O–H groups in total. The van der Waals surface area contributed by atoms with Gasteiger partial charge in [0.25, 0.3) is 5.95 Å². The zero-order chi connectivity index (χ0) is 13.8. The topological polar surface area (TPSA) is 84.2 Å². The largest absolute Gasteiger partial charge is 0.481 e. The summed E-state index contributed by atoms with van der Waals surface area (Å²) >= 11 is 0.